The number of fused-ring (bicyclic) bond motifs is 2. The van der Waals surface area contributed by atoms with E-state index < -0.39 is 5.60 Å². The predicted molar refractivity (Wildman–Crippen MR) is 118 cm³/mol. The molecule has 2 saturated heterocycles. The Morgan fingerprint density at radius 1 is 1.00 bits per heavy atom. The molecule has 2 aliphatic heterocycles. The van der Waals surface area contributed by atoms with Crippen LogP contribution in [0.4, 0.5) is 0 Å². The summed E-state index contributed by atoms with van der Waals surface area (Å²) in [5.41, 5.74) is 0.374. The van der Waals surface area contributed by atoms with Crippen LogP contribution in [0.2, 0.25) is 0 Å². The quantitative estimate of drug-likeness (QED) is 0.375. The first-order chi connectivity index (χ1) is 15.2. The second-order valence-electron chi connectivity index (χ2n) is 9.74. The van der Waals surface area contributed by atoms with E-state index in [0.717, 1.165) is 17.5 Å². The van der Waals surface area contributed by atoms with Crippen molar-refractivity contribution in [2.75, 3.05) is 19.2 Å². The molecule has 4 atom stereocenters. The van der Waals surface area contributed by atoms with Crippen molar-refractivity contribution in [3.05, 3.63) is 71.8 Å². The van der Waals surface area contributed by atoms with Crippen LogP contribution in [-0.2, 0) is 19.9 Å². The Morgan fingerprint density at radius 3 is 2.10 bits per heavy atom. The summed E-state index contributed by atoms with van der Waals surface area (Å²) < 4.78 is 13.7. The number of alkyl halides is 1. The molecule has 4 nitrogen and oxygen atoms in total. The summed E-state index contributed by atoms with van der Waals surface area (Å²) in [5.74, 6) is -0.339. The molecule has 4 unspecified atom stereocenters. The molecule has 0 N–H and O–H groups in total. The van der Waals surface area contributed by atoms with Crippen molar-refractivity contribution in [1.82, 2.24) is 0 Å². The molecule has 2 saturated carbocycles. The lowest BCUT2D eigenvalue weighted by atomic mass is 9.39. The van der Waals surface area contributed by atoms with Gasteiger partial charge in [-0.1, -0.05) is 72.3 Å². The van der Waals surface area contributed by atoms with E-state index in [0.29, 0.717) is 12.1 Å². The van der Waals surface area contributed by atoms with Crippen LogP contribution in [-0.4, -0.2) is 47.8 Å². The minimum absolute atomic E-state index is 0.00109. The van der Waals surface area contributed by atoms with Crippen molar-refractivity contribution in [2.24, 2.45) is 5.41 Å². The Morgan fingerprint density at radius 2 is 1.61 bits per heavy atom. The first-order valence-corrected chi connectivity index (χ1v) is 12.1. The third kappa shape index (κ3) is 2.42. The fraction of sp³-hybridized carbons (Fsp3) is 0.500. The summed E-state index contributed by atoms with van der Waals surface area (Å²) >= 11 is 6.09. The molecule has 0 bridgehead atoms. The second kappa shape index (κ2) is 7.06. The van der Waals surface area contributed by atoms with Gasteiger partial charge in [-0.3, -0.25) is 0 Å². The Balaban J connectivity index is 1.32. The van der Waals surface area contributed by atoms with E-state index in [9.17, 15) is 4.79 Å². The number of carbonyl (C=O) groups is 1. The van der Waals surface area contributed by atoms with Crippen LogP contribution < -0.4 is 0 Å². The van der Waals surface area contributed by atoms with E-state index in [4.69, 9.17) is 21.1 Å². The van der Waals surface area contributed by atoms with Crippen LogP contribution in [0.1, 0.15) is 43.2 Å². The largest absolute Gasteiger partial charge is 0.458 e. The maximum Gasteiger partial charge on any atom is 0.348 e. The zero-order valence-electron chi connectivity index (χ0n) is 17.7. The third-order valence-electron chi connectivity index (χ3n) is 8.94. The number of ether oxygens (including phenoxy) is 2. The zero-order chi connectivity index (χ0) is 21.1. The Labute approximate surface area is 188 Å². The summed E-state index contributed by atoms with van der Waals surface area (Å²) in [6.45, 7) is 2.65. The highest BCUT2D eigenvalue weighted by Crippen LogP contribution is 2.73. The highest BCUT2D eigenvalue weighted by molar-refractivity contribution is 6.17. The Hall–Kier alpha value is -1.88. The van der Waals surface area contributed by atoms with Gasteiger partial charge in [-0.25, -0.2) is 4.79 Å². The minimum Gasteiger partial charge on any atom is -0.458 e. The number of nitrogens with zero attached hydrogens (tertiary/aromatic N) is 1. The molecule has 0 aromatic heterocycles. The molecule has 4 fully saturated rings. The van der Waals surface area contributed by atoms with Gasteiger partial charge in [0.1, 0.15) is 29.7 Å². The van der Waals surface area contributed by atoms with E-state index in [1.165, 1.54) is 43.3 Å². The standard InChI is InChI=1S/C26H29ClNO3/c27-18-30-26(19-9-3-1-4-10-19,20-11-5-2-6-12-20)24(29)31-23-17-22-25(23)14-13-21(25)28(22)15-7-8-16-28/h1-6,9-12,21-23H,7-8,13-18H2/q+1. The smallest absolute Gasteiger partial charge is 0.348 e. The van der Waals surface area contributed by atoms with Crippen molar-refractivity contribution in [3.63, 3.8) is 0 Å². The van der Waals surface area contributed by atoms with Crippen molar-refractivity contribution < 1.29 is 18.8 Å². The summed E-state index contributed by atoms with van der Waals surface area (Å²) in [4.78, 5) is 13.9. The zero-order valence-corrected chi connectivity index (χ0v) is 18.5. The topological polar surface area (TPSA) is 35.5 Å². The molecule has 31 heavy (non-hydrogen) atoms. The molecule has 162 valence electrons. The molecule has 4 aliphatic rings. The molecule has 2 heterocycles. The van der Waals surface area contributed by atoms with Crippen LogP contribution >= 0.6 is 11.6 Å². The Bertz CT molecular complexity index is 925. The second-order valence-corrected chi connectivity index (χ2v) is 9.95. The normalized spacial score (nSPS) is 32.2. The van der Waals surface area contributed by atoms with Gasteiger partial charge >= 0.3 is 5.97 Å². The number of hydrogen-bond acceptors (Lipinski definition) is 3. The van der Waals surface area contributed by atoms with Crippen molar-refractivity contribution in [2.45, 2.75) is 55.9 Å². The van der Waals surface area contributed by atoms with Gasteiger partial charge in [0, 0.05) is 25.7 Å². The predicted octanol–water partition coefficient (Wildman–Crippen LogP) is 4.60. The van der Waals surface area contributed by atoms with Crippen molar-refractivity contribution >= 4 is 17.6 Å². The number of piperidine rings is 2. The van der Waals surface area contributed by atoms with Crippen LogP contribution in [0.25, 0.3) is 0 Å². The van der Waals surface area contributed by atoms with Gasteiger partial charge < -0.3 is 14.0 Å². The molecule has 2 aromatic carbocycles. The highest BCUT2D eigenvalue weighted by atomic mass is 35.5. The van der Waals surface area contributed by atoms with Gasteiger partial charge in [0.05, 0.1) is 13.1 Å². The van der Waals surface area contributed by atoms with Gasteiger partial charge in [-0.15, -0.1) is 0 Å². The first-order valence-electron chi connectivity index (χ1n) is 11.6. The Kier molecular flexibility index (Phi) is 4.51. The first kappa shape index (κ1) is 19.8. The number of carbonyl (C=O) groups excluding carboxylic acids is 1. The summed E-state index contributed by atoms with van der Waals surface area (Å²) in [7, 11) is 0. The summed E-state index contributed by atoms with van der Waals surface area (Å²) in [6.07, 6.45) is 6.16. The number of esters is 1. The van der Waals surface area contributed by atoms with Gasteiger partial charge in [0.15, 0.2) is 0 Å². The monoisotopic (exact) mass is 438 g/mol. The maximum absolute atomic E-state index is 13.9. The van der Waals surface area contributed by atoms with E-state index in [-0.39, 0.29) is 23.6 Å². The fourth-order valence-corrected chi connectivity index (χ4v) is 7.76. The van der Waals surface area contributed by atoms with Gasteiger partial charge in [-0.2, -0.15) is 0 Å². The maximum atomic E-state index is 13.9. The molecular formula is C26H29ClNO3+. The van der Waals surface area contributed by atoms with Crippen molar-refractivity contribution in [1.29, 1.82) is 0 Å². The molecular weight excluding hydrogens is 410 g/mol. The lowest BCUT2D eigenvalue weighted by Gasteiger charge is -2.80. The number of rotatable bonds is 6. The van der Waals surface area contributed by atoms with Crippen molar-refractivity contribution in [3.8, 4) is 0 Å². The minimum atomic E-state index is -1.35. The molecule has 6 rings (SSSR count). The molecule has 2 spiro atoms. The summed E-state index contributed by atoms with van der Waals surface area (Å²) in [6, 6.07) is 20.5. The van der Waals surface area contributed by atoms with E-state index in [1.807, 2.05) is 60.7 Å². The van der Waals surface area contributed by atoms with E-state index >= 15 is 0 Å². The van der Waals surface area contributed by atoms with Crippen LogP contribution in [0.5, 0.6) is 0 Å². The number of quaternary nitrogens is 1. The van der Waals surface area contributed by atoms with E-state index in [2.05, 4.69) is 0 Å². The number of hydrogen-bond donors (Lipinski definition) is 0. The lowest BCUT2D eigenvalue weighted by molar-refractivity contribution is -1.05. The highest BCUT2D eigenvalue weighted by Gasteiger charge is 2.86. The van der Waals surface area contributed by atoms with Gasteiger partial charge in [0.2, 0.25) is 5.60 Å². The number of benzene rings is 2. The third-order valence-corrected chi connectivity index (χ3v) is 9.05. The van der Waals surface area contributed by atoms with Crippen LogP contribution in [0.15, 0.2) is 60.7 Å². The van der Waals surface area contributed by atoms with Crippen LogP contribution in [0, 0.1) is 5.41 Å². The summed E-state index contributed by atoms with van der Waals surface area (Å²) in [5, 5.41) is 0. The lowest BCUT2D eigenvalue weighted by Crippen LogP contribution is -2.94. The fourth-order valence-electron chi connectivity index (χ4n) is 7.60. The molecule has 2 aliphatic carbocycles. The average Bonchev–Trinajstić information content (AvgIpc) is 3.25. The molecule has 0 radical (unpaired) electrons. The van der Waals surface area contributed by atoms with Gasteiger partial charge in [0.25, 0.3) is 0 Å². The molecule has 0 amide bonds. The molecule has 2 aromatic rings. The number of halogens is 1. The van der Waals surface area contributed by atoms with Gasteiger partial charge in [-0.05, 0) is 17.5 Å². The van der Waals surface area contributed by atoms with Crippen LogP contribution in [0.3, 0.4) is 0 Å². The molecule has 5 heteroatoms. The van der Waals surface area contributed by atoms with E-state index in [1.54, 1.807) is 0 Å². The average molecular weight is 439 g/mol. The SMILES string of the molecule is O=C(OC1CC2C13CCC3[N+]21CCCC1)C(OCCl)(c1ccccc1)c1ccccc1.